The molecule has 1 saturated carbocycles. The number of carbonyl (C=O) groups excluding carboxylic acids is 1. The smallest absolute Gasteiger partial charge is 0.284 e. The van der Waals surface area contributed by atoms with Crippen molar-refractivity contribution in [3.05, 3.63) is 52.1 Å². The van der Waals surface area contributed by atoms with Gasteiger partial charge in [0.25, 0.3) is 11.6 Å². The van der Waals surface area contributed by atoms with Crippen molar-refractivity contribution < 1.29 is 18.3 Å². The van der Waals surface area contributed by atoms with E-state index in [0.717, 1.165) is 31.7 Å². The van der Waals surface area contributed by atoms with Crippen molar-refractivity contribution in [3.8, 4) is 0 Å². The van der Waals surface area contributed by atoms with Crippen molar-refractivity contribution in [1.29, 1.82) is 10.8 Å². The molecule has 0 bridgehead atoms. The molecule has 0 radical (unpaired) electrons. The molecule has 5 rings (SSSR count). The summed E-state index contributed by atoms with van der Waals surface area (Å²) < 4.78 is 34.1. The Bertz CT molecular complexity index is 1240. The Hall–Kier alpha value is -2.81. The van der Waals surface area contributed by atoms with Gasteiger partial charge in [-0.2, -0.15) is 8.78 Å². The van der Waals surface area contributed by atoms with E-state index in [0.29, 0.717) is 65.9 Å². The fraction of sp³-hybridized carbons (Fsp3) is 0.588. The van der Waals surface area contributed by atoms with Crippen molar-refractivity contribution in [2.75, 3.05) is 36.5 Å². The first-order valence-electron chi connectivity index (χ1n) is 16.3. The highest BCUT2D eigenvalue weighted by Gasteiger charge is 2.38. The van der Waals surface area contributed by atoms with Crippen molar-refractivity contribution >= 4 is 38.7 Å². The second-order valence-electron chi connectivity index (χ2n) is 11.1. The van der Waals surface area contributed by atoms with Crippen LogP contribution >= 0.6 is 9.24 Å². The van der Waals surface area contributed by atoms with E-state index >= 15 is 0 Å². The molecule has 1 amide bonds. The van der Waals surface area contributed by atoms with Gasteiger partial charge in [-0.25, -0.2) is 4.98 Å². The average molecular weight is 647 g/mol. The Morgan fingerprint density at radius 1 is 1.16 bits per heavy atom. The van der Waals surface area contributed by atoms with Crippen molar-refractivity contribution in [2.45, 2.75) is 98.3 Å². The van der Waals surface area contributed by atoms with Crippen molar-refractivity contribution in [1.82, 2.24) is 10.3 Å². The number of aromatic nitrogens is 1. The Morgan fingerprint density at radius 2 is 1.80 bits per heavy atom. The maximum Gasteiger partial charge on any atom is 0.284 e. The maximum absolute atomic E-state index is 14.7. The first-order valence-corrected chi connectivity index (χ1v) is 16.9. The highest BCUT2D eigenvalue weighted by Crippen LogP contribution is 2.42. The summed E-state index contributed by atoms with van der Waals surface area (Å²) in [5, 5.41) is 20.9. The molecule has 1 aromatic carbocycles. The predicted molar refractivity (Wildman–Crippen MR) is 186 cm³/mol. The minimum atomic E-state index is -3.15. The molecule has 1 aliphatic carbocycles. The number of hydrogen-bond donors (Lipinski definition) is 4. The average Bonchev–Trinajstić information content (AvgIpc) is 3.26. The molecule has 8 nitrogen and oxygen atoms in total. The molecule has 0 spiro atoms. The highest BCUT2D eigenvalue weighted by molar-refractivity contribution is 7.17. The van der Waals surface area contributed by atoms with Crippen LogP contribution in [0.15, 0.2) is 24.3 Å². The predicted octanol–water partition coefficient (Wildman–Crippen LogP) is 7.94. The number of halogens is 2. The van der Waals surface area contributed by atoms with Gasteiger partial charge in [-0.1, -0.05) is 42.9 Å². The molecule has 2 aliphatic heterocycles. The standard InChI is InChI=1S/C27H36F2N5OP.C3H6O.C2H5N.C2H6/c1-3-6-20(30)9-18-12-24(32-4-2)33-25(13-18)34-16-22-21(26(34)35)10-19(11-23(22)27(28,29)36)15-31-14-17-7-5-8-17;1-2-4-3-1;1-2-3;1-2/h10-13,17,30-31H,3-9,14-16,36H2,1-2H3,(H,32,33);1-3H2;2-3H,1H3;1-2H3. The number of rotatable bonds is 12. The third-order valence-corrected chi connectivity index (χ3v) is 7.81. The summed E-state index contributed by atoms with van der Waals surface area (Å²) in [6.07, 6.45) is 8.25. The van der Waals surface area contributed by atoms with Crippen molar-refractivity contribution in [3.63, 3.8) is 0 Å². The largest absolute Gasteiger partial charge is 0.381 e. The zero-order chi connectivity index (χ0) is 33.4. The molecule has 1 unspecified atom stereocenters. The summed E-state index contributed by atoms with van der Waals surface area (Å²) in [5.41, 5.74) is -0.459. The first-order chi connectivity index (χ1) is 21.6. The Balaban J connectivity index is 0.000000690. The van der Waals surface area contributed by atoms with E-state index < -0.39 is 5.66 Å². The molecule has 1 aromatic heterocycles. The molecule has 250 valence electrons. The fourth-order valence-electron chi connectivity index (χ4n) is 5.03. The van der Waals surface area contributed by atoms with E-state index in [-0.39, 0.29) is 18.0 Å². The van der Waals surface area contributed by atoms with Gasteiger partial charge in [-0.05, 0) is 99.2 Å². The number of anilines is 2. The summed E-state index contributed by atoms with van der Waals surface area (Å²) in [4.78, 5) is 19.6. The van der Waals surface area contributed by atoms with Gasteiger partial charge in [0.15, 0.2) is 0 Å². The lowest BCUT2D eigenvalue weighted by Gasteiger charge is -2.25. The van der Waals surface area contributed by atoms with Gasteiger partial charge in [-0.3, -0.25) is 9.69 Å². The molecule has 3 heterocycles. The minimum Gasteiger partial charge on any atom is -0.381 e. The minimum absolute atomic E-state index is 0.0394. The van der Waals surface area contributed by atoms with Crippen LogP contribution in [0.25, 0.3) is 0 Å². The Kier molecular flexibility index (Phi) is 16.8. The number of alkyl halides is 2. The molecular weight excluding hydrogens is 593 g/mol. The van der Waals surface area contributed by atoms with Crippen LogP contribution in [0.1, 0.15) is 106 Å². The Morgan fingerprint density at radius 3 is 2.31 bits per heavy atom. The molecule has 1 saturated heterocycles. The summed E-state index contributed by atoms with van der Waals surface area (Å²) in [7, 11) is 1.62. The summed E-state index contributed by atoms with van der Waals surface area (Å²) in [6.45, 7) is 13.7. The summed E-state index contributed by atoms with van der Waals surface area (Å²) in [6, 6.07) is 6.96. The van der Waals surface area contributed by atoms with E-state index in [1.165, 1.54) is 42.9 Å². The highest BCUT2D eigenvalue weighted by atomic mass is 31.0. The number of benzene rings is 1. The molecule has 3 aliphatic rings. The van der Waals surface area contributed by atoms with Crippen LogP contribution in [0, 0.1) is 16.7 Å². The molecular formula is C34H53F2N6O2P. The molecule has 11 heteroatoms. The normalized spacial score (nSPS) is 15.1. The van der Waals surface area contributed by atoms with Crippen LogP contribution in [0.3, 0.4) is 0 Å². The van der Waals surface area contributed by atoms with E-state index in [9.17, 15) is 13.6 Å². The first kappa shape index (κ1) is 38.4. The topological polar surface area (TPSA) is 114 Å². The van der Waals surface area contributed by atoms with Gasteiger partial charge < -0.3 is 26.2 Å². The number of nitrogens with zero attached hydrogens (tertiary/aromatic N) is 2. The van der Waals surface area contributed by atoms with E-state index in [2.05, 4.69) is 15.6 Å². The number of pyridine rings is 1. The zero-order valence-electron chi connectivity index (χ0n) is 27.7. The second kappa shape index (κ2) is 19.6. The van der Waals surface area contributed by atoms with Gasteiger partial charge >= 0.3 is 0 Å². The van der Waals surface area contributed by atoms with Crippen LogP contribution in [0.5, 0.6) is 0 Å². The lowest BCUT2D eigenvalue weighted by molar-refractivity contribution is 0.0367. The number of amides is 1. The van der Waals surface area contributed by atoms with Crippen LogP contribution in [0.2, 0.25) is 0 Å². The molecule has 2 fully saturated rings. The molecule has 2 aromatic rings. The Labute approximate surface area is 270 Å². The summed E-state index contributed by atoms with van der Waals surface area (Å²) >= 11 is 0. The van der Waals surface area contributed by atoms with Gasteiger partial charge in [0.1, 0.15) is 11.6 Å². The number of fused-ring (bicyclic) bond motifs is 1. The van der Waals surface area contributed by atoms with Crippen LogP contribution in [-0.2, 0) is 29.9 Å². The van der Waals surface area contributed by atoms with E-state index in [1.807, 2.05) is 33.8 Å². The van der Waals surface area contributed by atoms with Gasteiger partial charge in [0, 0.05) is 49.6 Å². The van der Waals surface area contributed by atoms with E-state index in [4.69, 9.17) is 15.6 Å². The van der Waals surface area contributed by atoms with Crippen LogP contribution in [0.4, 0.5) is 20.4 Å². The lowest BCUT2D eigenvalue weighted by atomic mass is 9.85. The summed E-state index contributed by atoms with van der Waals surface area (Å²) in [5.74, 6) is 1.35. The third-order valence-electron chi connectivity index (χ3n) is 7.50. The molecule has 4 N–H and O–H groups in total. The molecule has 45 heavy (non-hydrogen) atoms. The van der Waals surface area contributed by atoms with Crippen LogP contribution in [-0.4, -0.2) is 49.1 Å². The lowest BCUT2D eigenvalue weighted by Crippen LogP contribution is -2.27. The van der Waals surface area contributed by atoms with Crippen molar-refractivity contribution in [2.24, 2.45) is 5.92 Å². The monoisotopic (exact) mass is 646 g/mol. The zero-order valence-corrected chi connectivity index (χ0v) is 28.9. The quantitative estimate of drug-likeness (QED) is 0.138. The van der Waals surface area contributed by atoms with Gasteiger partial charge in [0.2, 0.25) is 0 Å². The number of ether oxygens (including phenoxy) is 1. The van der Waals surface area contributed by atoms with E-state index in [1.54, 1.807) is 28.3 Å². The van der Waals surface area contributed by atoms with Gasteiger partial charge in [0.05, 0.1) is 6.54 Å². The number of nitrogens with one attached hydrogen (secondary N) is 4. The van der Waals surface area contributed by atoms with Gasteiger partial charge in [-0.15, -0.1) is 0 Å². The number of carbonyl (C=O) groups is 1. The second-order valence-corrected chi connectivity index (χ2v) is 11.9. The maximum atomic E-state index is 14.7. The van der Waals surface area contributed by atoms with Crippen LogP contribution < -0.4 is 15.5 Å². The third kappa shape index (κ3) is 11.8. The number of hydrogen-bond acceptors (Lipinski definition) is 7. The SMILES string of the molecule is C1COC1.CC.CC=N.CCCC(=N)Cc1cc(NCC)nc(N2Cc3c(cc(CNCC4CCC4)cc3C(F)(F)P)C2=O)c1. The fourth-order valence-corrected chi connectivity index (χ4v) is 5.29. The molecule has 1 atom stereocenters.